The van der Waals surface area contributed by atoms with Crippen LogP contribution in [0.1, 0.15) is 72.5 Å². The van der Waals surface area contributed by atoms with Crippen molar-refractivity contribution in [3.05, 3.63) is 101 Å². The Labute approximate surface area is 224 Å². The van der Waals surface area contributed by atoms with E-state index in [0.29, 0.717) is 56.4 Å². The van der Waals surface area contributed by atoms with E-state index in [1.807, 2.05) is 66.7 Å². The number of aliphatic hydroxyl groups excluding tert-OH is 1. The molecule has 3 rings (SSSR count). The number of ketones is 1. The molecule has 38 heavy (non-hydrogen) atoms. The zero-order chi connectivity index (χ0) is 27.2. The van der Waals surface area contributed by atoms with Crippen LogP contribution in [0.4, 0.5) is 0 Å². The molecule has 6 heteroatoms. The van der Waals surface area contributed by atoms with Crippen LogP contribution in [0.25, 0.3) is 6.08 Å². The Morgan fingerprint density at radius 1 is 0.868 bits per heavy atom. The highest BCUT2D eigenvalue weighted by Crippen LogP contribution is 2.31. The zero-order valence-corrected chi connectivity index (χ0v) is 21.8. The number of Topliss-reactive ketones (excluding diaryl/α,β-unsaturated/α-hetero) is 1. The molecular formula is C32H36O6. The quantitative estimate of drug-likeness (QED) is 0.202. The molecule has 0 spiro atoms. The minimum absolute atomic E-state index is 0.0680. The van der Waals surface area contributed by atoms with Crippen molar-refractivity contribution in [3.63, 3.8) is 0 Å². The van der Waals surface area contributed by atoms with Gasteiger partial charge in [0.05, 0.1) is 6.10 Å². The highest BCUT2D eigenvalue weighted by molar-refractivity contribution is 5.95. The number of rotatable bonds is 16. The van der Waals surface area contributed by atoms with Crippen LogP contribution in [0.15, 0.2) is 78.9 Å². The van der Waals surface area contributed by atoms with Crippen molar-refractivity contribution >= 4 is 17.8 Å². The maximum atomic E-state index is 12.3. The maximum Gasteiger partial charge on any atom is 0.340 e. The Bertz CT molecular complexity index is 1190. The summed E-state index contributed by atoms with van der Waals surface area (Å²) in [6.07, 6.45) is 6.81. The van der Waals surface area contributed by atoms with Crippen LogP contribution in [0.2, 0.25) is 0 Å². The smallest absolute Gasteiger partial charge is 0.340 e. The number of hydrogen-bond acceptors (Lipinski definition) is 5. The molecule has 0 amide bonds. The Balaban J connectivity index is 1.73. The van der Waals surface area contributed by atoms with Gasteiger partial charge < -0.3 is 19.7 Å². The van der Waals surface area contributed by atoms with Crippen molar-refractivity contribution in [2.75, 3.05) is 0 Å². The predicted octanol–water partition coefficient (Wildman–Crippen LogP) is 6.85. The fourth-order valence-corrected chi connectivity index (χ4v) is 3.99. The van der Waals surface area contributed by atoms with E-state index >= 15 is 0 Å². The normalized spacial score (nSPS) is 11.8. The molecule has 0 saturated carbocycles. The van der Waals surface area contributed by atoms with Crippen molar-refractivity contribution in [2.45, 2.75) is 64.8 Å². The molecule has 0 unspecified atom stereocenters. The molecule has 0 saturated heterocycles. The van der Waals surface area contributed by atoms with Crippen LogP contribution in [-0.2, 0) is 18.0 Å². The number of unbranched alkanes of at least 4 members (excludes halogenated alkanes) is 1. The molecule has 0 heterocycles. The molecule has 3 aromatic rings. The Morgan fingerprint density at radius 2 is 1.47 bits per heavy atom. The summed E-state index contributed by atoms with van der Waals surface area (Å²) in [5.41, 5.74) is 2.47. The fourth-order valence-electron chi connectivity index (χ4n) is 3.99. The molecule has 0 aliphatic rings. The molecule has 0 aromatic heterocycles. The second-order valence-electron chi connectivity index (χ2n) is 9.31. The Kier molecular flexibility index (Phi) is 11.6. The maximum absolute atomic E-state index is 12.3. The Morgan fingerprint density at radius 3 is 2.08 bits per heavy atom. The second-order valence-corrected chi connectivity index (χ2v) is 9.31. The van der Waals surface area contributed by atoms with Crippen molar-refractivity contribution in [3.8, 4) is 11.5 Å². The van der Waals surface area contributed by atoms with Gasteiger partial charge in [0.2, 0.25) is 0 Å². The van der Waals surface area contributed by atoms with Crippen LogP contribution in [0.5, 0.6) is 11.5 Å². The summed E-state index contributed by atoms with van der Waals surface area (Å²) in [5, 5.41) is 19.3. The SMILES string of the molecule is C[C@H](O)CCCC(=O)CCCC=Cc1cc(OCc2ccccc2)cc(OCc2ccccc2)c1C(=O)O. The van der Waals surface area contributed by atoms with Gasteiger partial charge in [0, 0.05) is 18.9 Å². The molecule has 0 aliphatic carbocycles. The molecule has 1 atom stereocenters. The molecule has 0 bridgehead atoms. The summed E-state index contributed by atoms with van der Waals surface area (Å²) in [6, 6.07) is 22.6. The van der Waals surface area contributed by atoms with Crippen LogP contribution in [0.3, 0.4) is 0 Å². The molecular weight excluding hydrogens is 480 g/mol. The first-order valence-corrected chi connectivity index (χ1v) is 13.0. The van der Waals surface area contributed by atoms with E-state index in [0.717, 1.165) is 11.1 Å². The summed E-state index contributed by atoms with van der Waals surface area (Å²) < 4.78 is 12.0. The molecule has 0 aliphatic heterocycles. The molecule has 6 nitrogen and oxygen atoms in total. The van der Waals surface area contributed by atoms with Gasteiger partial charge in [-0.2, -0.15) is 0 Å². The number of carboxylic acid groups (broad SMARTS) is 1. The van der Waals surface area contributed by atoms with E-state index in [2.05, 4.69) is 0 Å². The van der Waals surface area contributed by atoms with Gasteiger partial charge in [-0.25, -0.2) is 4.79 Å². The van der Waals surface area contributed by atoms with Gasteiger partial charge in [-0.05, 0) is 55.4 Å². The first kappa shape index (κ1) is 28.7. The molecule has 3 aromatic carbocycles. The van der Waals surface area contributed by atoms with Gasteiger partial charge in [0.1, 0.15) is 36.1 Å². The molecule has 0 radical (unpaired) electrons. The van der Waals surface area contributed by atoms with Gasteiger partial charge >= 0.3 is 5.97 Å². The Hall–Kier alpha value is -3.90. The predicted molar refractivity (Wildman–Crippen MR) is 148 cm³/mol. The van der Waals surface area contributed by atoms with Gasteiger partial charge in [0.25, 0.3) is 0 Å². The fraction of sp³-hybridized carbons (Fsp3) is 0.312. The minimum atomic E-state index is -1.09. The van der Waals surface area contributed by atoms with E-state index in [9.17, 15) is 19.8 Å². The molecule has 2 N–H and O–H groups in total. The summed E-state index contributed by atoms with van der Waals surface area (Å²) >= 11 is 0. The number of ether oxygens (including phenoxy) is 2. The average Bonchev–Trinajstić information content (AvgIpc) is 2.91. The number of benzene rings is 3. The molecule has 0 fully saturated rings. The van der Waals surface area contributed by atoms with Crippen LogP contribution in [-0.4, -0.2) is 28.1 Å². The van der Waals surface area contributed by atoms with Gasteiger partial charge in [0.15, 0.2) is 0 Å². The highest BCUT2D eigenvalue weighted by Gasteiger charge is 2.18. The highest BCUT2D eigenvalue weighted by atomic mass is 16.5. The zero-order valence-electron chi connectivity index (χ0n) is 21.8. The number of aromatic carboxylic acids is 1. The first-order chi connectivity index (χ1) is 18.4. The largest absolute Gasteiger partial charge is 0.489 e. The van der Waals surface area contributed by atoms with Crippen molar-refractivity contribution < 1.29 is 29.3 Å². The van der Waals surface area contributed by atoms with E-state index in [1.54, 1.807) is 25.1 Å². The first-order valence-electron chi connectivity index (χ1n) is 13.0. The van der Waals surface area contributed by atoms with Crippen molar-refractivity contribution in [1.29, 1.82) is 0 Å². The third-order valence-corrected chi connectivity index (χ3v) is 6.01. The van der Waals surface area contributed by atoms with Crippen molar-refractivity contribution in [1.82, 2.24) is 0 Å². The average molecular weight is 517 g/mol. The minimum Gasteiger partial charge on any atom is -0.489 e. The number of carbonyl (C=O) groups excluding carboxylic acids is 1. The lowest BCUT2D eigenvalue weighted by molar-refractivity contribution is -0.119. The summed E-state index contributed by atoms with van der Waals surface area (Å²) in [7, 11) is 0. The van der Waals surface area contributed by atoms with E-state index in [4.69, 9.17) is 9.47 Å². The third kappa shape index (κ3) is 9.87. The number of allylic oxidation sites excluding steroid dienone is 1. The van der Waals surface area contributed by atoms with Crippen molar-refractivity contribution in [2.24, 2.45) is 0 Å². The number of aliphatic hydroxyl groups is 1. The number of carbonyl (C=O) groups is 2. The lowest BCUT2D eigenvalue weighted by atomic mass is 10.0. The van der Waals surface area contributed by atoms with Crippen LogP contribution >= 0.6 is 0 Å². The van der Waals surface area contributed by atoms with Gasteiger partial charge in [-0.3, -0.25) is 4.79 Å². The van der Waals surface area contributed by atoms with Gasteiger partial charge in [-0.1, -0.05) is 72.8 Å². The lowest BCUT2D eigenvalue weighted by Gasteiger charge is -2.15. The third-order valence-electron chi connectivity index (χ3n) is 6.01. The summed E-state index contributed by atoms with van der Waals surface area (Å²) in [4.78, 5) is 24.3. The monoisotopic (exact) mass is 516 g/mol. The summed E-state index contributed by atoms with van der Waals surface area (Å²) in [6.45, 7) is 2.29. The lowest BCUT2D eigenvalue weighted by Crippen LogP contribution is -2.07. The molecule has 200 valence electrons. The van der Waals surface area contributed by atoms with Crippen LogP contribution in [0, 0.1) is 0 Å². The van der Waals surface area contributed by atoms with Gasteiger partial charge in [-0.15, -0.1) is 0 Å². The van der Waals surface area contributed by atoms with E-state index < -0.39 is 5.97 Å². The van der Waals surface area contributed by atoms with E-state index in [-0.39, 0.29) is 29.8 Å². The number of carboxylic acids is 1. The number of hydrogen-bond donors (Lipinski definition) is 2. The van der Waals surface area contributed by atoms with Crippen LogP contribution < -0.4 is 9.47 Å². The summed E-state index contributed by atoms with van der Waals surface area (Å²) in [5.74, 6) is -0.163. The second kappa shape index (κ2) is 15.4. The topological polar surface area (TPSA) is 93.1 Å². The van der Waals surface area contributed by atoms with E-state index in [1.165, 1.54) is 0 Å². The standard InChI is InChI=1S/C32H36O6/c1-24(33)12-11-19-28(34)18-10-4-9-17-27-20-29(37-22-25-13-5-2-6-14-25)21-30(31(27)32(35)36)38-23-26-15-7-3-8-16-26/h2-3,5-9,13-17,20-21,24,33H,4,10-12,18-19,22-23H2,1H3,(H,35,36)/t24-/m0/s1.